The van der Waals surface area contributed by atoms with Crippen molar-refractivity contribution in [2.24, 2.45) is 0 Å². The van der Waals surface area contributed by atoms with Crippen molar-refractivity contribution >= 4 is 68.7 Å². The van der Waals surface area contributed by atoms with Crippen LogP contribution >= 0.6 is 46.4 Å². The van der Waals surface area contributed by atoms with Gasteiger partial charge in [-0.1, -0.05) is 58.5 Å². The first kappa shape index (κ1) is 41.8. The molecule has 20 heteroatoms. The Labute approximate surface area is 353 Å². The summed E-state index contributed by atoms with van der Waals surface area (Å²) in [6.07, 6.45) is 4.31. The molecule has 0 bridgehead atoms. The Hall–Kier alpha value is -5.36. The summed E-state index contributed by atoms with van der Waals surface area (Å²) in [5.41, 5.74) is 4.33. The maximum Gasteiger partial charge on any atom is 0.328 e. The van der Waals surface area contributed by atoms with Crippen LogP contribution in [0.3, 0.4) is 0 Å². The molecule has 0 saturated carbocycles. The van der Waals surface area contributed by atoms with Crippen LogP contribution in [0.25, 0.3) is 22.3 Å². The number of nitrogens with zero attached hydrogens (tertiary/aromatic N) is 8. The van der Waals surface area contributed by atoms with Gasteiger partial charge in [0.15, 0.2) is 11.3 Å². The average molecular weight is 887 g/mol. The highest BCUT2D eigenvalue weighted by atomic mass is 35.5. The number of aromatic amines is 2. The van der Waals surface area contributed by atoms with Gasteiger partial charge in [-0.05, 0) is 59.7 Å². The van der Waals surface area contributed by atoms with Crippen LogP contribution in [0.2, 0.25) is 20.1 Å². The fraction of sp³-hybridized carbons (Fsp3) is 0.231. The van der Waals surface area contributed by atoms with Gasteiger partial charge in [0.2, 0.25) is 11.9 Å². The van der Waals surface area contributed by atoms with Crippen LogP contribution in [0.15, 0.2) is 82.6 Å². The Morgan fingerprint density at radius 2 is 1.12 bits per heavy atom. The Kier molecular flexibility index (Phi) is 12.9. The first-order chi connectivity index (χ1) is 28.4. The molecule has 8 aromatic rings. The van der Waals surface area contributed by atoms with E-state index in [1.54, 1.807) is 71.1 Å². The molecule has 8 rings (SSSR count). The number of fused-ring (bicyclic) bond motifs is 2. The zero-order chi connectivity index (χ0) is 41.8. The van der Waals surface area contributed by atoms with Gasteiger partial charge in [0, 0.05) is 63.8 Å². The van der Waals surface area contributed by atoms with E-state index in [1.807, 2.05) is 6.07 Å². The fourth-order valence-electron chi connectivity index (χ4n) is 6.47. The molecule has 0 aliphatic heterocycles. The Bertz CT molecular complexity index is 2900. The van der Waals surface area contributed by atoms with Gasteiger partial charge in [0.1, 0.15) is 11.6 Å². The van der Waals surface area contributed by atoms with E-state index in [9.17, 15) is 23.5 Å². The number of benzene rings is 2. The van der Waals surface area contributed by atoms with Crippen molar-refractivity contribution in [1.29, 1.82) is 0 Å². The molecule has 0 amide bonds. The molecular weight excluding hydrogens is 852 g/mol. The third-order valence-electron chi connectivity index (χ3n) is 9.23. The molecule has 0 saturated heterocycles. The molecule has 6 aromatic heterocycles. The molecule has 2 aromatic carbocycles. The summed E-state index contributed by atoms with van der Waals surface area (Å²) >= 11 is 24.5. The third kappa shape index (κ3) is 9.75. The lowest BCUT2D eigenvalue weighted by Crippen LogP contribution is -2.27. The van der Waals surface area contributed by atoms with Gasteiger partial charge in [-0.2, -0.15) is 18.7 Å². The number of hydrogen-bond donors (Lipinski definition) is 3. The first-order valence-electron chi connectivity index (χ1n) is 18.0. The molecule has 14 nitrogen and oxygen atoms in total. The van der Waals surface area contributed by atoms with Gasteiger partial charge < -0.3 is 19.8 Å². The van der Waals surface area contributed by atoms with E-state index in [0.717, 1.165) is 16.8 Å². The monoisotopic (exact) mass is 884 g/mol. The predicted octanol–water partition coefficient (Wildman–Crippen LogP) is 6.65. The topological polar surface area (TPSA) is 166 Å². The average Bonchev–Trinajstić information content (AvgIpc) is 3.94. The third-order valence-corrected chi connectivity index (χ3v) is 10.4. The minimum atomic E-state index is -0.621. The van der Waals surface area contributed by atoms with Crippen LogP contribution in [-0.2, 0) is 43.8 Å². The van der Waals surface area contributed by atoms with Crippen molar-refractivity contribution in [1.82, 2.24) is 48.2 Å². The van der Waals surface area contributed by atoms with Crippen LogP contribution in [0, 0.1) is 11.9 Å². The summed E-state index contributed by atoms with van der Waals surface area (Å²) in [5.74, 6) is -0.253. The highest BCUT2D eigenvalue weighted by Crippen LogP contribution is 2.25. The Morgan fingerprint density at radius 3 is 1.54 bits per heavy atom. The summed E-state index contributed by atoms with van der Waals surface area (Å²) in [6.45, 7) is 1.10. The van der Waals surface area contributed by atoms with Gasteiger partial charge >= 0.3 is 11.4 Å². The number of halogens is 6. The normalized spacial score (nSPS) is 11.5. The van der Waals surface area contributed by atoms with Crippen molar-refractivity contribution in [3.8, 4) is 0 Å². The van der Waals surface area contributed by atoms with Gasteiger partial charge in [-0.15, -0.1) is 0 Å². The van der Waals surface area contributed by atoms with Crippen LogP contribution in [0.5, 0.6) is 0 Å². The van der Waals surface area contributed by atoms with Crippen LogP contribution < -0.4 is 11.4 Å². The number of aromatic nitrogens is 10. The van der Waals surface area contributed by atoms with Crippen LogP contribution in [0.4, 0.5) is 8.78 Å². The standard InChI is InChI=1S/C20H18Cl2FN5O2.C19H16Cl2FN5O2/c1-30-7-6-28-14(8-12-2-3-13(21)9-15(12)22)10-27(20(28)29)11-18-24-16-4-5-17(23)25-19(16)26-18;20-12-2-1-11(14(21)8-12)7-13-9-26(19(29)27(13)5-6-28)10-17-23-15-3-4-16(22)24-18(15)25-17/h2-5,9-10H,6-8,11H2,1H3,(H,24,25,26);1-4,8-9,28H,5-7,10H2,(H,23,24,25). The molecule has 0 spiro atoms. The fourth-order valence-corrected chi connectivity index (χ4v) is 7.42. The van der Waals surface area contributed by atoms with E-state index in [4.69, 9.17) is 51.1 Å². The molecule has 0 aliphatic carbocycles. The largest absolute Gasteiger partial charge is 0.395 e. The maximum absolute atomic E-state index is 13.3. The summed E-state index contributed by atoms with van der Waals surface area (Å²) in [5, 5.41) is 11.5. The quantitative estimate of drug-likeness (QED) is 0.108. The van der Waals surface area contributed by atoms with Crippen molar-refractivity contribution in [2.45, 2.75) is 39.0 Å². The van der Waals surface area contributed by atoms with Crippen molar-refractivity contribution in [2.75, 3.05) is 20.3 Å². The molecule has 0 fully saturated rings. The molecule has 3 N–H and O–H groups in total. The lowest BCUT2D eigenvalue weighted by atomic mass is 10.1. The van der Waals surface area contributed by atoms with Crippen LogP contribution in [0.1, 0.15) is 34.2 Å². The number of aliphatic hydroxyl groups is 1. The molecule has 59 heavy (non-hydrogen) atoms. The van der Waals surface area contributed by atoms with Gasteiger partial charge in [-0.25, -0.2) is 19.6 Å². The van der Waals surface area contributed by atoms with E-state index < -0.39 is 11.9 Å². The SMILES string of the molecule is COCCn1c(Cc2ccc(Cl)cc2Cl)cn(Cc2nc3nc(F)ccc3[nH]2)c1=O.O=c1n(Cc2nc3nc(F)ccc3[nH]2)cc(Cc2ccc(Cl)cc2Cl)n1CCO. The number of H-pyrrole nitrogens is 2. The zero-order valence-electron chi connectivity index (χ0n) is 31.1. The number of methoxy groups -OCH3 is 1. The van der Waals surface area contributed by atoms with Gasteiger partial charge in [0.05, 0.1) is 50.4 Å². The number of imidazole rings is 4. The molecule has 0 unspecified atom stereocenters. The minimum Gasteiger partial charge on any atom is -0.395 e. The Morgan fingerprint density at radius 1 is 0.661 bits per heavy atom. The molecule has 0 aliphatic rings. The number of aliphatic hydroxyl groups excluding tert-OH is 1. The smallest absolute Gasteiger partial charge is 0.328 e. The van der Waals surface area contributed by atoms with E-state index in [2.05, 4.69) is 29.9 Å². The van der Waals surface area contributed by atoms with Crippen molar-refractivity contribution < 1.29 is 18.6 Å². The van der Waals surface area contributed by atoms with E-state index in [1.165, 1.54) is 21.3 Å². The molecule has 6 heterocycles. The van der Waals surface area contributed by atoms with E-state index in [-0.39, 0.29) is 48.9 Å². The summed E-state index contributed by atoms with van der Waals surface area (Å²) in [4.78, 5) is 47.9. The summed E-state index contributed by atoms with van der Waals surface area (Å²) in [7, 11) is 1.58. The Balaban J connectivity index is 0.000000179. The molecular formula is C39H34Cl4F2N10O4. The highest BCUT2D eigenvalue weighted by Gasteiger charge is 2.17. The number of ether oxygens (including phenoxy) is 1. The van der Waals surface area contributed by atoms with Crippen LogP contribution in [-0.4, -0.2) is 73.6 Å². The van der Waals surface area contributed by atoms with Gasteiger partial charge in [-0.3, -0.25) is 18.3 Å². The second kappa shape index (κ2) is 18.3. The maximum atomic E-state index is 13.3. The zero-order valence-corrected chi connectivity index (χ0v) is 34.1. The lowest BCUT2D eigenvalue weighted by Gasteiger charge is -2.08. The number of pyridine rings is 2. The minimum absolute atomic E-state index is 0.149. The summed E-state index contributed by atoms with van der Waals surface area (Å²) < 4.78 is 37.9. The highest BCUT2D eigenvalue weighted by molar-refractivity contribution is 6.35. The lowest BCUT2D eigenvalue weighted by molar-refractivity contribution is 0.185. The van der Waals surface area contributed by atoms with Gasteiger partial charge in [0.25, 0.3) is 0 Å². The molecule has 306 valence electrons. The number of rotatable bonds is 13. The number of hydrogen-bond acceptors (Lipinski definition) is 8. The summed E-state index contributed by atoms with van der Waals surface area (Å²) in [6, 6.07) is 16.1. The molecule has 0 radical (unpaired) electrons. The van der Waals surface area contributed by atoms with E-state index >= 15 is 0 Å². The van der Waals surface area contributed by atoms with Crippen molar-refractivity contribution in [3.05, 3.63) is 160 Å². The number of nitrogens with one attached hydrogen (secondary N) is 2. The van der Waals surface area contributed by atoms with E-state index in [0.29, 0.717) is 74.5 Å². The van der Waals surface area contributed by atoms with Crippen molar-refractivity contribution in [3.63, 3.8) is 0 Å². The first-order valence-corrected chi connectivity index (χ1v) is 19.5. The second-order valence-electron chi connectivity index (χ2n) is 13.3. The predicted molar refractivity (Wildman–Crippen MR) is 221 cm³/mol. The second-order valence-corrected chi connectivity index (χ2v) is 15.0. The molecule has 0 atom stereocenters.